The van der Waals surface area contributed by atoms with Gasteiger partial charge in [0.25, 0.3) is 10.1 Å². The summed E-state index contributed by atoms with van der Waals surface area (Å²) in [6, 6.07) is 7.73. The smallest absolute Gasteiger partial charge is 0.266 e. The highest BCUT2D eigenvalue weighted by Crippen LogP contribution is 2.15. The van der Waals surface area contributed by atoms with Crippen LogP contribution >= 0.6 is 0 Å². The molecule has 0 unspecified atom stereocenters. The van der Waals surface area contributed by atoms with Gasteiger partial charge in [-0.2, -0.15) is 8.42 Å². The van der Waals surface area contributed by atoms with Crippen LogP contribution in [0.15, 0.2) is 53.5 Å². The van der Waals surface area contributed by atoms with Gasteiger partial charge in [0.05, 0.1) is 11.5 Å². The topological polar surface area (TPSA) is 43.4 Å². The van der Waals surface area contributed by atoms with E-state index in [0.29, 0.717) is 6.42 Å². The van der Waals surface area contributed by atoms with Crippen LogP contribution in [0.25, 0.3) is 0 Å². The van der Waals surface area contributed by atoms with E-state index in [1.807, 2.05) is 13.0 Å². The van der Waals surface area contributed by atoms with Crippen molar-refractivity contribution >= 4 is 18.2 Å². The molecule has 0 heterocycles. The maximum absolute atomic E-state index is 12.0. The zero-order valence-corrected chi connectivity index (χ0v) is 15.7. The van der Waals surface area contributed by atoms with Gasteiger partial charge in [0, 0.05) is 8.07 Å². The summed E-state index contributed by atoms with van der Waals surface area (Å²) in [4.78, 5) is 0.193. The first-order chi connectivity index (χ1) is 10.1. The van der Waals surface area contributed by atoms with Crippen LogP contribution in [0.5, 0.6) is 0 Å². The van der Waals surface area contributed by atoms with Crippen molar-refractivity contribution < 1.29 is 12.6 Å². The van der Waals surface area contributed by atoms with E-state index in [4.69, 9.17) is 4.18 Å². The van der Waals surface area contributed by atoms with E-state index in [9.17, 15) is 8.42 Å². The molecule has 0 spiro atoms. The lowest BCUT2D eigenvalue weighted by Gasteiger charge is -2.11. The van der Waals surface area contributed by atoms with Crippen molar-refractivity contribution in [3.8, 4) is 0 Å². The Hall–Kier alpha value is -1.17. The molecular weight excluding hydrogens is 312 g/mol. The quantitative estimate of drug-likeness (QED) is 0.397. The van der Waals surface area contributed by atoms with Gasteiger partial charge in [-0.1, -0.05) is 61.6 Å². The van der Waals surface area contributed by atoms with E-state index in [0.717, 1.165) is 17.2 Å². The van der Waals surface area contributed by atoms with Crippen molar-refractivity contribution in [2.24, 2.45) is 0 Å². The molecule has 0 fully saturated rings. The van der Waals surface area contributed by atoms with E-state index in [1.165, 1.54) is 0 Å². The van der Waals surface area contributed by atoms with Gasteiger partial charge in [0.15, 0.2) is 0 Å². The van der Waals surface area contributed by atoms with Crippen LogP contribution in [0.3, 0.4) is 0 Å². The van der Waals surface area contributed by atoms with Gasteiger partial charge < -0.3 is 0 Å². The third-order valence-electron chi connectivity index (χ3n) is 3.06. The van der Waals surface area contributed by atoms with Gasteiger partial charge in [-0.15, -0.1) is 0 Å². The highest BCUT2D eigenvalue weighted by Gasteiger charge is 2.14. The van der Waals surface area contributed by atoms with Gasteiger partial charge in [0.2, 0.25) is 0 Å². The predicted molar refractivity (Wildman–Crippen MR) is 95.4 cm³/mol. The number of benzene rings is 1. The summed E-state index contributed by atoms with van der Waals surface area (Å²) in [6.45, 7) is 12.9. The van der Waals surface area contributed by atoms with Crippen molar-refractivity contribution in [1.29, 1.82) is 0 Å². The van der Waals surface area contributed by atoms with E-state index >= 15 is 0 Å². The minimum Gasteiger partial charge on any atom is -0.266 e. The Labute approximate surface area is 135 Å². The van der Waals surface area contributed by atoms with Gasteiger partial charge in [-0.25, -0.2) is 0 Å². The Morgan fingerprint density at radius 2 is 1.82 bits per heavy atom. The maximum atomic E-state index is 12.0. The van der Waals surface area contributed by atoms with Crippen LogP contribution in [0, 0.1) is 6.92 Å². The second-order valence-corrected chi connectivity index (χ2v) is 13.8. The predicted octanol–water partition coefficient (Wildman–Crippen LogP) is 4.54. The molecule has 22 heavy (non-hydrogen) atoms. The summed E-state index contributed by atoms with van der Waals surface area (Å²) in [5, 5.41) is 0. The van der Waals surface area contributed by atoms with E-state index in [-0.39, 0.29) is 11.5 Å². The summed E-state index contributed by atoms with van der Waals surface area (Å²) in [5.41, 5.74) is 1.90. The molecule has 0 aromatic heterocycles. The molecule has 0 radical (unpaired) electrons. The summed E-state index contributed by atoms with van der Waals surface area (Å²) in [7, 11) is -4.76. The highest BCUT2D eigenvalue weighted by atomic mass is 32.2. The second kappa shape index (κ2) is 7.90. The van der Waals surface area contributed by atoms with E-state index in [1.54, 1.807) is 24.3 Å². The third kappa shape index (κ3) is 7.20. The first-order valence-electron chi connectivity index (χ1n) is 7.41. The molecule has 3 nitrogen and oxygen atoms in total. The lowest BCUT2D eigenvalue weighted by Crippen LogP contribution is -2.17. The molecule has 0 saturated heterocycles. The molecular formula is C17H26O3SSi. The van der Waals surface area contributed by atoms with Crippen LogP contribution in [0.2, 0.25) is 25.7 Å². The van der Waals surface area contributed by atoms with Crippen molar-refractivity contribution in [1.82, 2.24) is 0 Å². The monoisotopic (exact) mass is 338 g/mol. The van der Waals surface area contributed by atoms with Crippen molar-refractivity contribution in [2.75, 3.05) is 6.61 Å². The minimum atomic E-state index is -3.67. The van der Waals surface area contributed by atoms with Crippen LogP contribution in [-0.2, 0) is 14.3 Å². The fourth-order valence-electron chi connectivity index (χ4n) is 1.72. The van der Waals surface area contributed by atoms with Gasteiger partial charge in [0.1, 0.15) is 0 Å². The average Bonchev–Trinajstić information content (AvgIpc) is 2.37. The second-order valence-electron chi connectivity index (χ2n) is 6.66. The van der Waals surface area contributed by atoms with E-state index < -0.39 is 18.2 Å². The number of aryl methyl sites for hydroxylation is 1. The Kier molecular flexibility index (Phi) is 6.78. The fourth-order valence-corrected chi connectivity index (χ4v) is 3.45. The fraction of sp³-hybridized carbons (Fsp3) is 0.412. The lowest BCUT2D eigenvalue weighted by atomic mass is 10.2. The van der Waals surface area contributed by atoms with Crippen LogP contribution in [0.1, 0.15) is 12.0 Å². The number of hydrogen-bond acceptors (Lipinski definition) is 3. The normalized spacial score (nSPS) is 12.7. The molecule has 0 amide bonds. The zero-order valence-electron chi connectivity index (χ0n) is 13.9. The summed E-state index contributed by atoms with van der Waals surface area (Å²) < 4.78 is 29.1. The summed E-state index contributed by atoms with van der Waals surface area (Å²) >= 11 is 0. The SMILES string of the molecule is C=C(/C=C/C[Si](C)(C)C)CCOS(=O)(=O)c1ccc(C)cc1. The number of hydrogen-bond donors (Lipinski definition) is 0. The van der Waals surface area contributed by atoms with E-state index in [2.05, 4.69) is 32.3 Å². The van der Waals surface area contributed by atoms with Crippen molar-refractivity contribution in [2.45, 2.75) is 43.9 Å². The Balaban J connectivity index is 2.46. The Morgan fingerprint density at radius 3 is 2.36 bits per heavy atom. The Morgan fingerprint density at radius 1 is 1.23 bits per heavy atom. The summed E-state index contributed by atoms with van der Waals surface area (Å²) in [5.74, 6) is 0. The largest absolute Gasteiger partial charge is 0.296 e. The molecule has 1 rings (SSSR count). The van der Waals surface area contributed by atoms with Gasteiger partial charge >= 0.3 is 0 Å². The molecule has 1 aromatic rings. The molecule has 0 atom stereocenters. The number of rotatable bonds is 8. The van der Waals surface area contributed by atoms with Crippen LogP contribution in [-0.4, -0.2) is 23.1 Å². The molecule has 0 aliphatic rings. The molecule has 0 bridgehead atoms. The zero-order chi connectivity index (χ0) is 16.8. The van der Waals surface area contributed by atoms with Gasteiger partial charge in [-0.3, -0.25) is 4.18 Å². The van der Waals surface area contributed by atoms with Crippen molar-refractivity contribution in [3.05, 3.63) is 54.1 Å². The number of allylic oxidation sites excluding steroid dienone is 2. The molecule has 0 aliphatic heterocycles. The van der Waals surface area contributed by atoms with Crippen LogP contribution in [0.4, 0.5) is 0 Å². The first kappa shape index (κ1) is 18.9. The molecule has 0 N–H and O–H groups in total. The highest BCUT2D eigenvalue weighted by molar-refractivity contribution is 7.86. The maximum Gasteiger partial charge on any atom is 0.296 e. The first-order valence-corrected chi connectivity index (χ1v) is 12.5. The standard InChI is InChI=1S/C17H26O3SSi/c1-15(7-6-14-22(3,4)5)12-13-20-21(18,19)17-10-8-16(2)9-11-17/h6-11H,1,12-14H2,2-5H3/b7-6+. The lowest BCUT2D eigenvalue weighted by molar-refractivity contribution is 0.323. The Bertz CT molecular complexity index is 623. The molecule has 122 valence electrons. The third-order valence-corrected chi connectivity index (χ3v) is 5.84. The molecule has 0 aliphatic carbocycles. The molecule has 5 heteroatoms. The van der Waals surface area contributed by atoms with Crippen molar-refractivity contribution in [3.63, 3.8) is 0 Å². The molecule has 1 aromatic carbocycles. The minimum absolute atomic E-state index is 0.117. The summed E-state index contributed by atoms with van der Waals surface area (Å²) in [6.07, 6.45) is 4.61. The average molecular weight is 339 g/mol. The van der Waals surface area contributed by atoms with Gasteiger partial charge in [-0.05, 0) is 31.5 Å². The van der Waals surface area contributed by atoms with Crippen LogP contribution < -0.4 is 0 Å². The molecule has 0 saturated carbocycles.